The summed E-state index contributed by atoms with van der Waals surface area (Å²) in [7, 11) is 5.80. The number of tetrazole rings is 1. The molecule has 8 heteroatoms. The number of aromatic nitrogens is 4. The standard InChI is InChI=1S/C21H25N7O/c1-26(2)18-9-7-15(8-10-18)14-27(3)21(29)22-17-6-4-5-16(13-17)20-23-24-25-28(20)19-11-12-19/h4-10,13,19H,11-12,14H2,1-3H3,(H,22,29). The van der Waals surface area contributed by atoms with Gasteiger partial charge in [-0.15, -0.1) is 5.10 Å². The average Bonchev–Trinajstić information content (AvgIpc) is 3.44. The predicted molar refractivity (Wildman–Crippen MR) is 113 cm³/mol. The van der Waals surface area contributed by atoms with E-state index in [1.807, 2.05) is 60.1 Å². The fraction of sp³-hybridized carbons (Fsp3) is 0.333. The maximum atomic E-state index is 12.6. The van der Waals surface area contributed by atoms with Crippen molar-refractivity contribution in [3.63, 3.8) is 0 Å². The molecule has 150 valence electrons. The van der Waals surface area contributed by atoms with Crippen molar-refractivity contribution in [2.75, 3.05) is 31.4 Å². The van der Waals surface area contributed by atoms with E-state index in [2.05, 4.69) is 33.0 Å². The predicted octanol–water partition coefficient (Wildman–Crippen LogP) is 3.40. The molecule has 0 aliphatic heterocycles. The van der Waals surface area contributed by atoms with Crippen molar-refractivity contribution in [1.82, 2.24) is 25.1 Å². The van der Waals surface area contributed by atoms with Crippen LogP contribution < -0.4 is 10.2 Å². The van der Waals surface area contributed by atoms with Crippen LogP contribution in [0.1, 0.15) is 24.4 Å². The van der Waals surface area contributed by atoms with Crippen molar-refractivity contribution in [3.8, 4) is 11.4 Å². The smallest absolute Gasteiger partial charge is 0.321 e. The van der Waals surface area contributed by atoms with Crippen molar-refractivity contribution in [3.05, 3.63) is 54.1 Å². The van der Waals surface area contributed by atoms with Crippen LogP contribution in [0.25, 0.3) is 11.4 Å². The molecule has 1 saturated carbocycles. The number of rotatable bonds is 6. The van der Waals surface area contributed by atoms with E-state index in [0.29, 0.717) is 18.3 Å². The van der Waals surface area contributed by atoms with Gasteiger partial charge in [0.2, 0.25) is 0 Å². The van der Waals surface area contributed by atoms with Gasteiger partial charge in [-0.2, -0.15) is 0 Å². The summed E-state index contributed by atoms with van der Waals surface area (Å²) in [5.74, 6) is 0.734. The van der Waals surface area contributed by atoms with Gasteiger partial charge in [0.1, 0.15) is 0 Å². The number of hydrogen-bond acceptors (Lipinski definition) is 5. The first-order chi connectivity index (χ1) is 14.0. The third-order valence-corrected chi connectivity index (χ3v) is 4.98. The second kappa shape index (κ2) is 7.90. The first-order valence-corrected chi connectivity index (χ1v) is 9.68. The number of carbonyl (C=O) groups excluding carboxylic acids is 1. The number of anilines is 2. The van der Waals surface area contributed by atoms with Crippen molar-refractivity contribution >= 4 is 17.4 Å². The van der Waals surface area contributed by atoms with E-state index in [9.17, 15) is 4.79 Å². The first-order valence-electron chi connectivity index (χ1n) is 9.68. The summed E-state index contributed by atoms with van der Waals surface area (Å²) in [4.78, 5) is 16.3. The third-order valence-electron chi connectivity index (χ3n) is 4.98. The van der Waals surface area contributed by atoms with Crippen LogP contribution in [0.3, 0.4) is 0 Å². The summed E-state index contributed by atoms with van der Waals surface area (Å²) in [6, 6.07) is 16.0. The van der Waals surface area contributed by atoms with Gasteiger partial charge in [0.05, 0.1) is 6.04 Å². The highest BCUT2D eigenvalue weighted by Crippen LogP contribution is 2.36. The molecule has 0 atom stereocenters. The lowest BCUT2D eigenvalue weighted by Crippen LogP contribution is -2.30. The lowest BCUT2D eigenvalue weighted by atomic mass is 10.2. The fourth-order valence-electron chi connectivity index (χ4n) is 3.15. The Hall–Kier alpha value is -3.42. The minimum atomic E-state index is -0.166. The van der Waals surface area contributed by atoms with E-state index in [1.54, 1.807) is 11.9 Å². The Morgan fingerprint density at radius 3 is 2.59 bits per heavy atom. The molecule has 8 nitrogen and oxygen atoms in total. The number of urea groups is 1. The molecule has 0 unspecified atom stereocenters. The zero-order valence-electron chi connectivity index (χ0n) is 16.9. The van der Waals surface area contributed by atoms with Crippen LogP contribution in [-0.2, 0) is 6.54 Å². The minimum absolute atomic E-state index is 0.166. The molecule has 0 radical (unpaired) electrons. The fourth-order valence-corrected chi connectivity index (χ4v) is 3.15. The van der Waals surface area contributed by atoms with E-state index < -0.39 is 0 Å². The van der Waals surface area contributed by atoms with E-state index in [1.165, 1.54) is 0 Å². The summed E-state index contributed by atoms with van der Waals surface area (Å²) in [6.45, 7) is 0.527. The Balaban J connectivity index is 1.42. The highest BCUT2D eigenvalue weighted by molar-refractivity contribution is 5.89. The molecule has 0 saturated heterocycles. The van der Waals surface area contributed by atoms with Gasteiger partial charge in [-0.1, -0.05) is 24.3 Å². The van der Waals surface area contributed by atoms with Crippen LogP contribution in [0.4, 0.5) is 16.2 Å². The second-order valence-electron chi connectivity index (χ2n) is 7.61. The number of nitrogens with zero attached hydrogens (tertiary/aromatic N) is 6. The van der Waals surface area contributed by atoms with Gasteiger partial charge in [0.15, 0.2) is 5.82 Å². The topological polar surface area (TPSA) is 79.2 Å². The van der Waals surface area contributed by atoms with Gasteiger partial charge in [-0.05, 0) is 53.1 Å². The maximum Gasteiger partial charge on any atom is 0.321 e. The van der Waals surface area contributed by atoms with Crippen LogP contribution in [-0.4, -0.2) is 52.3 Å². The molecule has 1 N–H and O–H groups in total. The zero-order chi connectivity index (χ0) is 20.4. The van der Waals surface area contributed by atoms with Crippen LogP contribution in [0, 0.1) is 0 Å². The monoisotopic (exact) mass is 391 g/mol. The Morgan fingerprint density at radius 1 is 1.14 bits per heavy atom. The van der Waals surface area contributed by atoms with Gasteiger partial charge in [0, 0.05) is 44.6 Å². The van der Waals surface area contributed by atoms with Crippen molar-refractivity contribution in [2.45, 2.75) is 25.4 Å². The van der Waals surface area contributed by atoms with Crippen molar-refractivity contribution in [2.24, 2.45) is 0 Å². The van der Waals surface area contributed by atoms with E-state index in [-0.39, 0.29) is 6.03 Å². The Bertz CT molecular complexity index is 992. The second-order valence-corrected chi connectivity index (χ2v) is 7.61. The van der Waals surface area contributed by atoms with Gasteiger partial charge >= 0.3 is 6.03 Å². The molecule has 1 heterocycles. The average molecular weight is 391 g/mol. The number of nitrogens with one attached hydrogen (secondary N) is 1. The SMILES string of the molecule is CN(Cc1ccc(N(C)C)cc1)C(=O)Nc1cccc(-c2nnnn2C2CC2)c1. The molecule has 0 spiro atoms. The van der Waals surface area contributed by atoms with Crippen LogP contribution in [0.5, 0.6) is 0 Å². The number of carbonyl (C=O) groups is 1. The van der Waals surface area contributed by atoms with Gasteiger partial charge in [-0.3, -0.25) is 0 Å². The molecule has 4 rings (SSSR count). The van der Waals surface area contributed by atoms with Crippen LogP contribution >= 0.6 is 0 Å². The third kappa shape index (κ3) is 4.37. The normalized spacial score (nSPS) is 13.2. The molecule has 0 bridgehead atoms. The summed E-state index contributed by atoms with van der Waals surface area (Å²) < 4.78 is 1.87. The molecule has 29 heavy (non-hydrogen) atoms. The largest absolute Gasteiger partial charge is 0.378 e. The van der Waals surface area contributed by atoms with Crippen LogP contribution in [0.15, 0.2) is 48.5 Å². The van der Waals surface area contributed by atoms with Gasteiger partial charge < -0.3 is 15.1 Å². The molecule has 1 fully saturated rings. The Labute approximate surface area is 170 Å². The summed E-state index contributed by atoms with van der Waals surface area (Å²) in [5, 5.41) is 15.0. The van der Waals surface area contributed by atoms with Crippen LogP contribution in [0.2, 0.25) is 0 Å². The minimum Gasteiger partial charge on any atom is -0.378 e. The van der Waals surface area contributed by atoms with E-state index in [4.69, 9.17) is 0 Å². The molecular weight excluding hydrogens is 366 g/mol. The maximum absolute atomic E-state index is 12.6. The summed E-state index contributed by atoms with van der Waals surface area (Å²) in [5.41, 5.74) is 3.81. The lowest BCUT2D eigenvalue weighted by molar-refractivity contribution is 0.220. The van der Waals surface area contributed by atoms with Crippen molar-refractivity contribution < 1.29 is 4.79 Å². The zero-order valence-corrected chi connectivity index (χ0v) is 16.9. The number of benzene rings is 2. The highest BCUT2D eigenvalue weighted by atomic mass is 16.2. The first kappa shape index (κ1) is 18.9. The summed E-state index contributed by atoms with van der Waals surface area (Å²) in [6.07, 6.45) is 2.21. The molecular formula is C21H25N7O. The number of hydrogen-bond donors (Lipinski definition) is 1. The highest BCUT2D eigenvalue weighted by Gasteiger charge is 2.28. The summed E-state index contributed by atoms with van der Waals surface area (Å²) >= 11 is 0. The number of amides is 2. The van der Waals surface area contributed by atoms with Gasteiger partial charge in [-0.25, -0.2) is 9.48 Å². The molecule has 1 aromatic heterocycles. The quantitative estimate of drug-likeness (QED) is 0.697. The Kier molecular flexibility index (Phi) is 5.16. The molecule has 1 aliphatic rings. The van der Waals surface area contributed by atoms with E-state index in [0.717, 1.165) is 35.5 Å². The molecule has 2 aromatic carbocycles. The van der Waals surface area contributed by atoms with Crippen molar-refractivity contribution in [1.29, 1.82) is 0 Å². The van der Waals surface area contributed by atoms with Gasteiger partial charge in [0.25, 0.3) is 0 Å². The lowest BCUT2D eigenvalue weighted by Gasteiger charge is -2.19. The molecule has 1 aliphatic carbocycles. The van der Waals surface area contributed by atoms with E-state index >= 15 is 0 Å². The molecule has 2 amide bonds. The molecule has 3 aromatic rings. The Morgan fingerprint density at radius 2 is 1.90 bits per heavy atom.